The minimum Gasteiger partial charge on any atom is -0.462 e. The van der Waals surface area contributed by atoms with Gasteiger partial charge in [-0.25, -0.2) is 4.79 Å². The van der Waals surface area contributed by atoms with Gasteiger partial charge < -0.3 is 10.5 Å². The molecule has 2 aliphatic carbocycles. The highest BCUT2D eigenvalue weighted by molar-refractivity contribution is 5.90. The van der Waals surface area contributed by atoms with Crippen molar-refractivity contribution in [3.63, 3.8) is 0 Å². The van der Waals surface area contributed by atoms with Gasteiger partial charge in [-0.15, -0.1) is 0 Å². The minimum atomic E-state index is -3.18. The summed E-state index contributed by atoms with van der Waals surface area (Å²) < 4.78 is 34.3. The maximum atomic E-state index is 14.1. The van der Waals surface area contributed by atoms with Crippen molar-refractivity contribution < 1.29 is 18.3 Å². The third kappa shape index (κ3) is 3.66. The average Bonchev–Trinajstić information content (AvgIpc) is 3.09. The van der Waals surface area contributed by atoms with E-state index >= 15 is 0 Å². The Morgan fingerprint density at radius 2 is 2.16 bits per heavy atom. The van der Waals surface area contributed by atoms with E-state index in [0.29, 0.717) is 6.54 Å². The smallest absolute Gasteiger partial charge is 0.341 e. The second-order valence-corrected chi connectivity index (χ2v) is 6.78. The summed E-state index contributed by atoms with van der Waals surface area (Å²) in [7, 11) is 0. The molecule has 1 unspecified atom stereocenters. The number of hydrogen-bond acceptors (Lipinski definition) is 4. The fourth-order valence-corrected chi connectivity index (χ4v) is 3.63. The lowest BCUT2D eigenvalue weighted by molar-refractivity contribution is 0.00464. The maximum Gasteiger partial charge on any atom is 0.341 e. The molecule has 1 aromatic heterocycles. The molecule has 2 N–H and O–H groups in total. The fraction of sp³-hybridized carbons (Fsp3) is 0.556. The van der Waals surface area contributed by atoms with E-state index in [1.807, 2.05) is 0 Å². The normalized spacial score (nSPS) is 23.1. The highest BCUT2D eigenvalue weighted by Gasteiger charge is 2.36. The van der Waals surface area contributed by atoms with Crippen LogP contribution in [0, 0.1) is 5.92 Å². The van der Waals surface area contributed by atoms with E-state index < -0.39 is 11.9 Å². The largest absolute Gasteiger partial charge is 0.462 e. The Kier molecular flexibility index (Phi) is 4.77. The molecule has 1 fully saturated rings. The number of alkyl halides is 2. The Hall–Kier alpha value is -2.02. The van der Waals surface area contributed by atoms with Gasteiger partial charge in [0.15, 0.2) is 0 Å². The van der Waals surface area contributed by atoms with E-state index in [-0.39, 0.29) is 29.8 Å². The lowest BCUT2D eigenvalue weighted by Crippen LogP contribution is -2.23. The number of halogens is 2. The van der Waals surface area contributed by atoms with Crippen molar-refractivity contribution in [2.24, 2.45) is 11.7 Å². The number of hydrogen-bond donors (Lipinski definition) is 1. The predicted octanol–water partition coefficient (Wildman–Crippen LogP) is 3.17. The van der Waals surface area contributed by atoms with Crippen LogP contribution in [0.5, 0.6) is 0 Å². The molecule has 2 aliphatic rings. The van der Waals surface area contributed by atoms with Gasteiger partial charge >= 0.3 is 5.97 Å². The summed E-state index contributed by atoms with van der Waals surface area (Å²) in [6.45, 7) is 2.83. The Morgan fingerprint density at radius 3 is 2.84 bits per heavy atom. The summed E-state index contributed by atoms with van der Waals surface area (Å²) in [6.07, 6.45) is 7.90. The van der Waals surface area contributed by atoms with Crippen LogP contribution in [0.4, 0.5) is 8.78 Å². The van der Waals surface area contributed by atoms with Crippen LogP contribution in [-0.2, 0) is 17.2 Å². The van der Waals surface area contributed by atoms with Crippen molar-refractivity contribution in [2.75, 3.05) is 6.61 Å². The van der Waals surface area contributed by atoms with Crippen LogP contribution < -0.4 is 5.73 Å². The highest BCUT2D eigenvalue weighted by atomic mass is 19.3. The van der Waals surface area contributed by atoms with Gasteiger partial charge in [0, 0.05) is 25.4 Å². The summed E-state index contributed by atoms with van der Waals surface area (Å²) in [5.41, 5.74) is 7.92. The van der Waals surface area contributed by atoms with Crippen molar-refractivity contribution >= 4 is 5.97 Å². The van der Waals surface area contributed by atoms with E-state index in [1.54, 1.807) is 6.92 Å². The second kappa shape index (κ2) is 6.71. The molecule has 2 atom stereocenters. The van der Waals surface area contributed by atoms with E-state index in [0.717, 1.165) is 26.2 Å². The number of allylic oxidation sites excluding steroid dienone is 2. The third-order valence-corrected chi connectivity index (χ3v) is 4.64. The van der Waals surface area contributed by atoms with Gasteiger partial charge in [-0.05, 0) is 37.3 Å². The lowest BCUT2D eigenvalue weighted by Gasteiger charge is -2.21. The molecule has 0 bridgehead atoms. The molecule has 3 rings (SSSR count). The first-order valence-electron chi connectivity index (χ1n) is 8.56. The van der Waals surface area contributed by atoms with Crippen LogP contribution >= 0.6 is 0 Å². The second-order valence-electron chi connectivity index (χ2n) is 6.78. The van der Waals surface area contributed by atoms with Gasteiger partial charge in [0.05, 0.1) is 12.8 Å². The van der Waals surface area contributed by atoms with Crippen LogP contribution in [0.25, 0.3) is 0 Å². The lowest BCUT2D eigenvalue weighted by atomic mass is 9.92. The van der Waals surface area contributed by atoms with E-state index in [9.17, 15) is 13.6 Å². The number of carbonyl (C=O) groups excluding carboxylic acids is 1. The Labute approximate surface area is 145 Å². The molecular formula is C18H23F2N3O2. The van der Waals surface area contributed by atoms with E-state index in [1.165, 1.54) is 22.0 Å². The molecule has 1 saturated carbocycles. The molecule has 0 saturated heterocycles. The van der Waals surface area contributed by atoms with Gasteiger partial charge in [0.25, 0.3) is 5.92 Å². The zero-order valence-corrected chi connectivity index (χ0v) is 14.5. The van der Waals surface area contributed by atoms with Crippen molar-refractivity contribution in [1.29, 1.82) is 0 Å². The fourth-order valence-electron chi connectivity index (χ4n) is 3.63. The van der Waals surface area contributed by atoms with Crippen molar-refractivity contribution in [3.8, 4) is 0 Å². The monoisotopic (exact) mass is 351 g/mol. The molecular weight excluding hydrogens is 328 g/mol. The van der Waals surface area contributed by atoms with Crippen LogP contribution in [0.1, 0.15) is 49.2 Å². The summed E-state index contributed by atoms with van der Waals surface area (Å²) >= 11 is 0. The van der Waals surface area contributed by atoms with Gasteiger partial charge in [0.2, 0.25) is 0 Å². The molecule has 1 aromatic rings. The van der Waals surface area contributed by atoms with Crippen LogP contribution in [-0.4, -0.2) is 28.4 Å². The van der Waals surface area contributed by atoms with Gasteiger partial charge in [-0.3, -0.25) is 4.68 Å². The first kappa shape index (κ1) is 17.8. The number of carbonyl (C=O) groups is 1. The Bertz CT molecular complexity index is 731. The third-order valence-electron chi connectivity index (χ3n) is 4.64. The Morgan fingerprint density at radius 1 is 1.44 bits per heavy atom. The molecule has 1 heterocycles. The topological polar surface area (TPSA) is 70.1 Å². The zero-order chi connectivity index (χ0) is 18.2. The first-order valence-corrected chi connectivity index (χ1v) is 8.56. The highest BCUT2D eigenvalue weighted by Crippen LogP contribution is 2.37. The van der Waals surface area contributed by atoms with Crippen LogP contribution in [0.3, 0.4) is 0 Å². The van der Waals surface area contributed by atoms with Crippen molar-refractivity contribution in [1.82, 2.24) is 9.78 Å². The molecule has 7 heteroatoms. The number of aromatic nitrogens is 2. The van der Waals surface area contributed by atoms with Gasteiger partial charge in [-0.1, -0.05) is 12.2 Å². The SMILES string of the molecule is CCOC(=O)c1cnn(CC2C=C3C[C@@H](N)CC3=CC2)c1C(C)(F)F. The summed E-state index contributed by atoms with van der Waals surface area (Å²) in [5.74, 6) is -3.90. The van der Waals surface area contributed by atoms with E-state index in [2.05, 4.69) is 17.3 Å². The van der Waals surface area contributed by atoms with Gasteiger partial charge in [-0.2, -0.15) is 13.9 Å². The van der Waals surface area contributed by atoms with Crippen molar-refractivity contribution in [2.45, 2.75) is 51.6 Å². The number of rotatable bonds is 5. The molecule has 0 amide bonds. The van der Waals surface area contributed by atoms with Crippen molar-refractivity contribution in [3.05, 3.63) is 40.8 Å². The number of fused-ring (bicyclic) bond motifs is 1. The molecule has 136 valence electrons. The van der Waals surface area contributed by atoms with E-state index in [4.69, 9.17) is 10.5 Å². The zero-order valence-electron chi connectivity index (χ0n) is 14.5. The average molecular weight is 351 g/mol. The standard InChI is InChI=1S/C18H23F2N3O2/c1-3-25-17(24)15-9-22-23(16(15)18(2,19)20)10-11-4-5-12-7-14(21)8-13(12)6-11/h5-6,9,11,14H,3-4,7-8,10,21H2,1-2H3/t11?,14-/m0/s1. The number of nitrogens with zero attached hydrogens (tertiary/aromatic N) is 2. The molecule has 0 aromatic carbocycles. The van der Waals surface area contributed by atoms with Crippen LogP contribution in [0.15, 0.2) is 29.5 Å². The number of nitrogens with two attached hydrogens (primary N) is 1. The number of ether oxygens (including phenoxy) is 1. The molecule has 0 radical (unpaired) electrons. The Balaban J connectivity index is 1.85. The van der Waals surface area contributed by atoms with Crippen LogP contribution in [0.2, 0.25) is 0 Å². The summed E-state index contributed by atoms with van der Waals surface area (Å²) in [4.78, 5) is 12.0. The molecule has 5 nitrogen and oxygen atoms in total. The molecule has 0 aliphatic heterocycles. The quantitative estimate of drug-likeness (QED) is 0.827. The molecule has 0 spiro atoms. The van der Waals surface area contributed by atoms with Gasteiger partial charge in [0.1, 0.15) is 11.3 Å². The summed E-state index contributed by atoms with van der Waals surface area (Å²) in [6, 6.07) is 0.145. The summed E-state index contributed by atoms with van der Waals surface area (Å²) in [5, 5.41) is 4.04. The maximum absolute atomic E-state index is 14.1. The minimum absolute atomic E-state index is 0.0556. The molecule has 25 heavy (non-hydrogen) atoms. The first-order chi connectivity index (χ1) is 11.8. The number of esters is 1. The predicted molar refractivity (Wildman–Crippen MR) is 89.2 cm³/mol.